The maximum atomic E-state index is 13.0. The summed E-state index contributed by atoms with van der Waals surface area (Å²) in [5.74, 6) is -0.156. The van der Waals surface area contributed by atoms with E-state index in [1.54, 1.807) is 12.1 Å². The molecule has 0 fully saturated rings. The van der Waals surface area contributed by atoms with Crippen molar-refractivity contribution in [3.05, 3.63) is 47.3 Å². The van der Waals surface area contributed by atoms with Crippen LogP contribution < -0.4 is 5.73 Å². The van der Waals surface area contributed by atoms with Crippen LogP contribution in [0.3, 0.4) is 0 Å². The molecule has 1 nitrogen and oxygen atoms in total. The highest BCUT2D eigenvalue weighted by atomic mass is 19.1. The normalized spacial score (nSPS) is 21.4. The molecule has 2 heteroatoms. The number of nitrogens with two attached hydrogens (primary N) is 1. The van der Waals surface area contributed by atoms with Gasteiger partial charge in [-0.2, -0.15) is 0 Å². The van der Waals surface area contributed by atoms with Crippen molar-refractivity contribution in [2.45, 2.75) is 38.1 Å². The van der Waals surface area contributed by atoms with Gasteiger partial charge in [-0.3, -0.25) is 0 Å². The van der Waals surface area contributed by atoms with Crippen LogP contribution in [-0.4, -0.2) is 6.04 Å². The highest BCUT2D eigenvalue weighted by Crippen LogP contribution is 2.20. The number of rotatable bonds is 2. The maximum absolute atomic E-state index is 13.0. The minimum atomic E-state index is -0.156. The lowest BCUT2D eigenvalue weighted by atomic mass is 10.0. The third kappa shape index (κ3) is 3.17. The van der Waals surface area contributed by atoms with E-state index in [2.05, 4.69) is 6.08 Å². The van der Waals surface area contributed by atoms with Crippen LogP contribution in [0.5, 0.6) is 0 Å². The summed E-state index contributed by atoms with van der Waals surface area (Å²) in [5.41, 5.74) is 8.36. The minimum absolute atomic E-state index is 0.156. The first-order valence-electron chi connectivity index (χ1n) is 5.93. The standard InChI is InChI=1S/C14H18FN/c15-13-6-3-5-11(9-13)8-12-4-1-2-7-14(16)10-12/h3,5-6,9-10,14H,1-2,4,7-8,16H2. The predicted molar refractivity (Wildman–Crippen MR) is 64.6 cm³/mol. The second-order valence-electron chi connectivity index (χ2n) is 4.54. The van der Waals surface area contributed by atoms with E-state index in [0.717, 1.165) is 24.8 Å². The lowest BCUT2D eigenvalue weighted by molar-refractivity contribution is 0.625. The second kappa shape index (κ2) is 5.26. The lowest BCUT2D eigenvalue weighted by Crippen LogP contribution is -2.16. The average Bonchev–Trinajstić information content (AvgIpc) is 2.43. The first kappa shape index (κ1) is 11.3. The van der Waals surface area contributed by atoms with Gasteiger partial charge in [-0.15, -0.1) is 0 Å². The van der Waals surface area contributed by atoms with Crippen LogP contribution in [0, 0.1) is 5.82 Å². The molecule has 0 heterocycles. The molecule has 1 aliphatic rings. The molecule has 1 aromatic rings. The smallest absolute Gasteiger partial charge is 0.123 e. The van der Waals surface area contributed by atoms with E-state index in [1.807, 2.05) is 6.07 Å². The lowest BCUT2D eigenvalue weighted by Gasteiger charge is -2.07. The molecule has 2 rings (SSSR count). The van der Waals surface area contributed by atoms with Crippen LogP contribution in [0.25, 0.3) is 0 Å². The van der Waals surface area contributed by atoms with Gasteiger partial charge in [-0.25, -0.2) is 4.39 Å². The fourth-order valence-electron chi connectivity index (χ4n) is 2.26. The van der Waals surface area contributed by atoms with E-state index >= 15 is 0 Å². The fourth-order valence-corrected chi connectivity index (χ4v) is 2.26. The number of allylic oxidation sites excluding steroid dienone is 1. The molecule has 0 aliphatic heterocycles. The summed E-state index contributed by atoms with van der Waals surface area (Å²) in [4.78, 5) is 0. The summed E-state index contributed by atoms with van der Waals surface area (Å²) in [7, 11) is 0. The van der Waals surface area contributed by atoms with E-state index in [9.17, 15) is 4.39 Å². The molecule has 0 spiro atoms. The number of hydrogen-bond donors (Lipinski definition) is 1. The van der Waals surface area contributed by atoms with Crippen LogP contribution in [-0.2, 0) is 6.42 Å². The van der Waals surface area contributed by atoms with Gasteiger partial charge in [0.2, 0.25) is 0 Å². The Labute approximate surface area is 96.2 Å². The highest BCUT2D eigenvalue weighted by molar-refractivity contribution is 5.24. The number of halogens is 1. The van der Waals surface area contributed by atoms with E-state index in [1.165, 1.54) is 24.5 Å². The zero-order chi connectivity index (χ0) is 11.4. The molecule has 16 heavy (non-hydrogen) atoms. The summed E-state index contributed by atoms with van der Waals surface area (Å²) in [6, 6.07) is 7.02. The van der Waals surface area contributed by atoms with Gasteiger partial charge in [0.15, 0.2) is 0 Å². The largest absolute Gasteiger partial charge is 0.324 e. The van der Waals surface area contributed by atoms with Crippen molar-refractivity contribution in [1.82, 2.24) is 0 Å². The SMILES string of the molecule is NC1C=C(Cc2cccc(F)c2)CCCC1. The molecule has 0 aromatic heterocycles. The van der Waals surface area contributed by atoms with E-state index in [4.69, 9.17) is 5.73 Å². The summed E-state index contributed by atoms with van der Waals surface area (Å²) >= 11 is 0. The molecule has 1 atom stereocenters. The van der Waals surface area contributed by atoms with Gasteiger partial charge in [0.05, 0.1) is 0 Å². The molecule has 0 saturated heterocycles. The Hall–Kier alpha value is -1.15. The Morgan fingerprint density at radius 2 is 2.19 bits per heavy atom. The Morgan fingerprint density at radius 1 is 1.31 bits per heavy atom. The molecule has 86 valence electrons. The third-order valence-electron chi connectivity index (χ3n) is 3.06. The van der Waals surface area contributed by atoms with Crippen molar-refractivity contribution in [3.63, 3.8) is 0 Å². The van der Waals surface area contributed by atoms with Crippen molar-refractivity contribution in [2.75, 3.05) is 0 Å². The predicted octanol–water partition coefficient (Wildman–Crippen LogP) is 3.20. The summed E-state index contributed by atoms with van der Waals surface area (Å²) in [6.45, 7) is 0. The van der Waals surface area contributed by atoms with Gasteiger partial charge in [0, 0.05) is 6.04 Å². The fraction of sp³-hybridized carbons (Fsp3) is 0.429. The first-order chi connectivity index (χ1) is 7.74. The van der Waals surface area contributed by atoms with Crippen molar-refractivity contribution >= 4 is 0 Å². The van der Waals surface area contributed by atoms with Crippen LogP contribution >= 0.6 is 0 Å². The van der Waals surface area contributed by atoms with Gasteiger partial charge in [-0.1, -0.05) is 30.2 Å². The summed E-state index contributed by atoms with van der Waals surface area (Å²) in [5, 5.41) is 0. The molecule has 0 amide bonds. The topological polar surface area (TPSA) is 26.0 Å². The Bertz CT molecular complexity index is 384. The van der Waals surface area contributed by atoms with E-state index in [0.29, 0.717) is 0 Å². The third-order valence-corrected chi connectivity index (χ3v) is 3.06. The van der Waals surface area contributed by atoms with Gasteiger partial charge >= 0.3 is 0 Å². The number of hydrogen-bond acceptors (Lipinski definition) is 1. The molecule has 1 aliphatic carbocycles. The maximum Gasteiger partial charge on any atom is 0.123 e. The quantitative estimate of drug-likeness (QED) is 0.759. The number of benzene rings is 1. The molecule has 0 saturated carbocycles. The highest BCUT2D eigenvalue weighted by Gasteiger charge is 2.09. The van der Waals surface area contributed by atoms with Crippen LogP contribution in [0.4, 0.5) is 4.39 Å². The van der Waals surface area contributed by atoms with Crippen molar-refractivity contribution < 1.29 is 4.39 Å². The zero-order valence-corrected chi connectivity index (χ0v) is 9.45. The Balaban J connectivity index is 2.08. The summed E-state index contributed by atoms with van der Waals surface area (Å²) < 4.78 is 13.0. The van der Waals surface area contributed by atoms with Gasteiger partial charge < -0.3 is 5.73 Å². The van der Waals surface area contributed by atoms with E-state index in [-0.39, 0.29) is 11.9 Å². The molecule has 1 unspecified atom stereocenters. The average molecular weight is 219 g/mol. The minimum Gasteiger partial charge on any atom is -0.324 e. The van der Waals surface area contributed by atoms with Crippen LogP contribution in [0.1, 0.15) is 31.2 Å². The monoisotopic (exact) mass is 219 g/mol. The summed E-state index contributed by atoms with van der Waals surface area (Å²) in [6.07, 6.45) is 7.58. The van der Waals surface area contributed by atoms with Crippen molar-refractivity contribution in [1.29, 1.82) is 0 Å². The molecular weight excluding hydrogens is 201 g/mol. The molecule has 1 aromatic carbocycles. The zero-order valence-electron chi connectivity index (χ0n) is 9.45. The van der Waals surface area contributed by atoms with Crippen molar-refractivity contribution in [2.24, 2.45) is 5.73 Å². The van der Waals surface area contributed by atoms with Gasteiger partial charge in [0.1, 0.15) is 5.82 Å². The Kier molecular flexibility index (Phi) is 3.73. The molecule has 2 N–H and O–H groups in total. The molecule has 0 bridgehead atoms. The van der Waals surface area contributed by atoms with E-state index < -0.39 is 0 Å². The first-order valence-corrected chi connectivity index (χ1v) is 5.93. The van der Waals surface area contributed by atoms with Gasteiger partial charge in [0.25, 0.3) is 0 Å². The second-order valence-corrected chi connectivity index (χ2v) is 4.54. The van der Waals surface area contributed by atoms with Crippen LogP contribution in [0.2, 0.25) is 0 Å². The van der Waals surface area contributed by atoms with Crippen molar-refractivity contribution in [3.8, 4) is 0 Å². The van der Waals surface area contributed by atoms with Gasteiger partial charge in [-0.05, 0) is 43.4 Å². The van der Waals surface area contributed by atoms with Crippen LogP contribution in [0.15, 0.2) is 35.9 Å². The molecule has 0 radical (unpaired) electrons. The Morgan fingerprint density at radius 3 is 3.00 bits per heavy atom. The molecular formula is C14H18FN.